The molecule has 0 aromatic heterocycles. The lowest BCUT2D eigenvalue weighted by Crippen LogP contribution is -2.35. The van der Waals surface area contributed by atoms with Crippen LogP contribution in [0.2, 0.25) is 0 Å². The van der Waals surface area contributed by atoms with Gasteiger partial charge in [0, 0.05) is 12.5 Å². The minimum absolute atomic E-state index is 0.0675. The van der Waals surface area contributed by atoms with Crippen LogP contribution in [0.4, 0.5) is 0 Å². The Morgan fingerprint density at radius 3 is 2.22 bits per heavy atom. The normalized spacial score (nSPS) is 14.3. The quantitative estimate of drug-likeness (QED) is 0.618. The molecule has 1 amide bonds. The first-order valence-electron chi connectivity index (χ1n) is 6.83. The zero-order valence-electron chi connectivity index (χ0n) is 12.4. The van der Waals surface area contributed by atoms with Crippen molar-refractivity contribution in [2.24, 2.45) is 11.8 Å². The summed E-state index contributed by atoms with van der Waals surface area (Å²) in [6, 6.07) is -0.0880. The van der Waals surface area contributed by atoms with E-state index in [9.17, 15) is 9.59 Å². The van der Waals surface area contributed by atoms with Crippen LogP contribution in [0.1, 0.15) is 47.0 Å². The lowest BCUT2D eigenvalue weighted by atomic mass is 9.98. The van der Waals surface area contributed by atoms with Gasteiger partial charge < -0.3 is 10.6 Å². The molecule has 0 aromatic carbocycles. The fourth-order valence-corrected chi connectivity index (χ4v) is 2.06. The summed E-state index contributed by atoms with van der Waals surface area (Å²) in [5.74, 6) is 0.875. The Bertz CT molecular complexity index is 265. The van der Waals surface area contributed by atoms with E-state index in [1.54, 1.807) is 14.0 Å². The average Bonchev–Trinajstić information content (AvgIpc) is 2.27. The second kappa shape index (κ2) is 9.09. The Morgan fingerprint density at radius 2 is 1.78 bits per heavy atom. The van der Waals surface area contributed by atoms with Crippen molar-refractivity contribution in [2.75, 3.05) is 13.6 Å². The Labute approximate surface area is 111 Å². The Morgan fingerprint density at radius 1 is 1.17 bits per heavy atom. The highest BCUT2D eigenvalue weighted by Gasteiger charge is 2.14. The van der Waals surface area contributed by atoms with Gasteiger partial charge in [-0.25, -0.2) is 0 Å². The van der Waals surface area contributed by atoms with Crippen molar-refractivity contribution >= 4 is 11.7 Å². The van der Waals surface area contributed by atoms with E-state index in [1.807, 2.05) is 6.92 Å². The molecule has 1 unspecified atom stereocenters. The van der Waals surface area contributed by atoms with Crippen LogP contribution in [0, 0.1) is 11.8 Å². The summed E-state index contributed by atoms with van der Waals surface area (Å²) >= 11 is 0. The van der Waals surface area contributed by atoms with E-state index in [-0.39, 0.29) is 23.7 Å². The third kappa shape index (κ3) is 7.43. The standard InChI is InChI=1S/C14H28N2O2/c1-10(2)9-11(3)14(18)16-8-6-7-13(15-5)12(4)17/h10-11,13,15H,6-9H2,1-5H3,(H,16,18)/t11?,13-/m0/s1. The van der Waals surface area contributed by atoms with Gasteiger partial charge in [-0.3, -0.25) is 9.59 Å². The van der Waals surface area contributed by atoms with Crippen molar-refractivity contribution < 1.29 is 9.59 Å². The van der Waals surface area contributed by atoms with Gasteiger partial charge in [-0.2, -0.15) is 0 Å². The highest BCUT2D eigenvalue weighted by atomic mass is 16.1. The number of hydrogen-bond acceptors (Lipinski definition) is 3. The molecule has 18 heavy (non-hydrogen) atoms. The summed E-state index contributed by atoms with van der Waals surface area (Å²) in [6.45, 7) is 8.43. The molecule has 0 aromatic rings. The monoisotopic (exact) mass is 256 g/mol. The largest absolute Gasteiger partial charge is 0.356 e. The molecule has 2 atom stereocenters. The van der Waals surface area contributed by atoms with Gasteiger partial charge >= 0.3 is 0 Å². The fourth-order valence-electron chi connectivity index (χ4n) is 2.06. The number of rotatable bonds is 9. The summed E-state index contributed by atoms with van der Waals surface area (Å²) in [7, 11) is 1.79. The molecule has 0 heterocycles. The second-order valence-electron chi connectivity index (χ2n) is 5.42. The van der Waals surface area contributed by atoms with E-state index in [4.69, 9.17) is 0 Å². The van der Waals surface area contributed by atoms with Crippen LogP contribution in [-0.2, 0) is 9.59 Å². The van der Waals surface area contributed by atoms with E-state index in [2.05, 4.69) is 24.5 Å². The van der Waals surface area contributed by atoms with Gasteiger partial charge in [-0.1, -0.05) is 20.8 Å². The maximum atomic E-state index is 11.7. The smallest absolute Gasteiger partial charge is 0.222 e. The maximum Gasteiger partial charge on any atom is 0.222 e. The lowest BCUT2D eigenvalue weighted by Gasteiger charge is -2.15. The molecular weight excluding hydrogens is 228 g/mol. The first-order chi connectivity index (χ1) is 8.38. The first-order valence-corrected chi connectivity index (χ1v) is 6.83. The van der Waals surface area contributed by atoms with E-state index >= 15 is 0 Å². The number of Topliss-reactive ketones (excluding diaryl/α,β-unsaturated/α-hetero) is 1. The zero-order valence-corrected chi connectivity index (χ0v) is 12.4. The third-order valence-electron chi connectivity index (χ3n) is 3.08. The molecule has 4 heteroatoms. The average molecular weight is 256 g/mol. The number of hydrogen-bond donors (Lipinski definition) is 2. The third-order valence-corrected chi connectivity index (χ3v) is 3.08. The predicted molar refractivity (Wildman–Crippen MR) is 74.4 cm³/mol. The predicted octanol–water partition coefficient (Wildman–Crippen LogP) is 1.74. The minimum atomic E-state index is -0.0880. The van der Waals surface area contributed by atoms with Gasteiger partial charge in [0.15, 0.2) is 0 Å². The number of carbonyl (C=O) groups excluding carboxylic acids is 2. The Hall–Kier alpha value is -0.900. The van der Waals surface area contributed by atoms with E-state index in [0.717, 1.165) is 19.3 Å². The summed E-state index contributed by atoms with van der Waals surface area (Å²) in [5, 5.41) is 5.90. The summed E-state index contributed by atoms with van der Waals surface area (Å²) in [4.78, 5) is 22.9. The highest BCUT2D eigenvalue weighted by molar-refractivity contribution is 5.81. The highest BCUT2D eigenvalue weighted by Crippen LogP contribution is 2.10. The molecule has 0 fully saturated rings. The molecule has 4 nitrogen and oxygen atoms in total. The van der Waals surface area contributed by atoms with Crippen LogP contribution in [0.15, 0.2) is 0 Å². The van der Waals surface area contributed by atoms with Crippen LogP contribution in [0.5, 0.6) is 0 Å². The van der Waals surface area contributed by atoms with Gasteiger partial charge in [0.05, 0.1) is 6.04 Å². The first kappa shape index (κ1) is 17.1. The summed E-state index contributed by atoms with van der Waals surface area (Å²) in [5.41, 5.74) is 0. The van der Waals surface area contributed by atoms with Crippen LogP contribution in [0.25, 0.3) is 0 Å². The van der Waals surface area contributed by atoms with Crippen molar-refractivity contribution in [1.82, 2.24) is 10.6 Å². The molecule has 0 bridgehead atoms. The van der Waals surface area contributed by atoms with E-state index < -0.39 is 0 Å². The number of likely N-dealkylation sites (N-methyl/N-ethyl adjacent to an activating group) is 1. The summed E-state index contributed by atoms with van der Waals surface area (Å²) in [6.07, 6.45) is 2.51. The number of nitrogens with one attached hydrogen (secondary N) is 2. The molecule has 0 saturated carbocycles. The minimum Gasteiger partial charge on any atom is -0.356 e. The molecule has 0 spiro atoms. The van der Waals surface area contributed by atoms with Crippen molar-refractivity contribution in [3.63, 3.8) is 0 Å². The van der Waals surface area contributed by atoms with Crippen molar-refractivity contribution in [1.29, 1.82) is 0 Å². The van der Waals surface area contributed by atoms with Crippen LogP contribution < -0.4 is 10.6 Å². The molecule has 0 aliphatic carbocycles. The molecule has 0 radical (unpaired) electrons. The molecule has 0 rings (SSSR count). The molecule has 0 aliphatic heterocycles. The Kier molecular flexibility index (Phi) is 8.63. The summed E-state index contributed by atoms with van der Waals surface area (Å²) < 4.78 is 0. The van der Waals surface area contributed by atoms with Crippen LogP contribution in [-0.4, -0.2) is 31.3 Å². The molecular formula is C14H28N2O2. The SMILES string of the molecule is CN[C@@H](CCCNC(=O)C(C)CC(C)C)C(C)=O. The van der Waals surface area contributed by atoms with Crippen LogP contribution >= 0.6 is 0 Å². The number of amides is 1. The zero-order chi connectivity index (χ0) is 14.1. The van der Waals surface area contributed by atoms with Gasteiger partial charge in [-0.05, 0) is 39.2 Å². The maximum absolute atomic E-state index is 11.7. The van der Waals surface area contributed by atoms with Gasteiger partial charge in [0.1, 0.15) is 5.78 Å². The second-order valence-corrected chi connectivity index (χ2v) is 5.42. The fraction of sp³-hybridized carbons (Fsp3) is 0.857. The number of ketones is 1. The Balaban J connectivity index is 3.77. The number of carbonyl (C=O) groups is 2. The van der Waals surface area contributed by atoms with E-state index in [0.29, 0.717) is 12.5 Å². The van der Waals surface area contributed by atoms with Gasteiger partial charge in [0.2, 0.25) is 5.91 Å². The molecule has 0 aliphatic rings. The topological polar surface area (TPSA) is 58.2 Å². The van der Waals surface area contributed by atoms with Crippen molar-refractivity contribution in [3.8, 4) is 0 Å². The molecule has 106 valence electrons. The van der Waals surface area contributed by atoms with Crippen LogP contribution in [0.3, 0.4) is 0 Å². The van der Waals surface area contributed by atoms with E-state index in [1.165, 1.54) is 0 Å². The van der Waals surface area contributed by atoms with Gasteiger partial charge in [-0.15, -0.1) is 0 Å². The van der Waals surface area contributed by atoms with Gasteiger partial charge in [0.25, 0.3) is 0 Å². The lowest BCUT2D eigenvalue weighted by molar-refractivity contribution is -0.124. The molecule has 0 saturated heterocycles. The van der Waals surface area contributed by atoms with Crippen molar-refractivity contribution in [2.45, 2.75) is 53.0 Å². The van der Waals surface area contributed by atoms with Crippen molar-refractivity contribution in [3.05, 3.63) is 0 Å². The molecule has 2 N–H and O–H groups in total.